The molecule has 0 amide bonds. The molecule has 4 heteroatoms. The van der Waals surface area contributed by atoms with Gasteiger partial charge in [0.15, 0.2) is 0 Å². The first-order valence-corrected chi connectivity index (χ1v) is 6.83. The highest BCUT2D eigenvalue weighted by Crippen LogP contribution is 2.14. The first-order valence-electron chi connectivity index (χ1n) is 6.83. The van der Waals surface area contributed by atoms with Crippen molar-refractivity contribution in [2.45, 2.75) is 32.6 Å². The Balaban J connectivity index is 1.76. The number of aliphatic hydroxyl groups excluding tert-OH is 1. The van der Waals surface area contributed by atoms with E-state index in [2.05, 4.69) is 5.32 Å². The van der Waals surface area contributed by atoms with Crippen LogP contribution < -0.4 is 10.1 Å². The number of aliphatic hydroxyl groups is 1. The molecule has 0 radical (unpaired) electrons. The number of hydrogen-bond donors (Lipinski definition) is 2. The van der Waals surface area contributed by atoms with E-state index in [1.807, 2.05) is 38.1 Å². The third kappa shape index (κ3) is 4.40. The van der Waals surface area contributed by atoms with Gasteiger partial charge in [-0.05, 0) is 43.7 Å². The summed E-state index contributed by atoms with van der Waals surface area (Å²) < 4.78 is 10.7. The van der Waals surface area contributed by atoms with Crippen LogP contribution in [0, 0.1) is 0 Å². The summed E-state index contributed by atoms with van der Waals surface area (Å²) in [6, 6.07) is 11.5. The third-order valence-electron chi connectivity index (χ3n) is 2.83. The molecule has 2 rings (SSSR count). The summed E-state index contributed by atoms with van der Waals surface area (Å²) in [6.07, 6.45) is 1.13. The van der Waals surface area contributed by atoms with Crippen molar-refractivity contribution in [1.29, 1.82) is 0 Å². The highest BCUT2D eigenvalue weighted by atomic mass is 16.5. The van der Waals surface area contributed by atoms with Gasteiger partial charge in [0.05, 0.1) is 12.4 Å². The maximum absolute atomic E-state index is 9.85. The van der Waals surface area contributed by atoms with Gasteiger partial charge in [-0.25, -0.2) is 0 Å². The van der Waals surface area contributed by atoms with Crippen molar-refractivity contribution in [3.05, 3.63) is 54.0 Å². The van der Waals surface area contributed by atoms with Crippen molar-refractivity contribution in [2.24, 2.45) is 0 Å². The van der Waals surface area contributed by atoms with Gasteiger partial charge < -0.3 is 19.6 Å². The second-order valence-electron chi connectivity index (χ2n) is 4.97. The van der Waals surface area contributed by atoms with Gasteiger partial charge in [0.2, 0.25) is 0 Å². The molecule has 2 aromatic rings. The number of furan rings is 1. The Labute approximate surface area is 119 Å². The van der Waals surface area contributed by atoms with Gasteiger partial charge in [-0.15, -0.1) is 0 Å². The molecule has 1 aromatic carbocycles. The fraction of sp³-hybridized carbons (Fsp3) is 0.375. The molecule has 0 saturated heterocycles. The Bertz CT molecular complexity index is 491. The lowest BCUT2D eigenvalue weighted by atomic mass is 10.2. The molecular formula is C16H21NO3. The zero-order chi connectivity index (χ0) is 14.4. The molecular weight excluding hydrogens is 254 g/mol. The molecule has 0 bridgehead atoms. The van der Waals surface area contributed by atoms with Crippen molar-refractivity contribution in [1.82, 2.24) is 5.32 Å². The molecule has 20 heavy (non-hydrogen) atoms. The van der Waals surface area contributed by atoms with Crippen LogP contribution in [0.1, 0.15) is 31.3 Å². The topological polar surface area (TPSA) is 54.6 Å². The Morgan fingerprint density at radius 2 is 1.95 bits per heavy atom. The average molecular weight is 275 g/mol. The minimum atomic E-state index is -0.617. The summed E-state index contributed by atoms with van der Waals surface area (Å²) in [7, 11) is 0. The summed E-state index contributed by atoms with van der Waals surface area (Å²) in [5.74, 6) is 1.46. The van der Waals surface area contributed by atoms with Gasteiger partial charge >= 0.3 is 0 Å². The third-order valence-corrected chi connectivity index (χ3v) is 2.83. The molecule has 2 N–H and O–H groups in total. The highest BCUT2D eigenvalue weighted by Gasteiger charge is 2.09. The van der Waals surface area contributed by atoms with E-state index in [0.29, 0.717) is 18.8 Å². The number of benzene rings is 1. The molecule has 1 atom stereocenters. The van der Waals surface area contributed by atoms with Crippen molar-refractivity contribution in [2.75, 3.05) is 6.54 Å². The smallest absolute Gasteiger partial charge is 0.133 e. The lowest BCUT2D eigenvalue weighted by Crippen LogP contribution is -2.20. The molecule has 0 aliphatic carbocycles. The van der Waals surface area contributed by atoms with Crippen molar-refractivity contribution >= 4 is 0 Å². The van der Waals surface area contributed by atoms with E-state index in [-0.39, 0.29) is 6.10 Å². The number of nitrogens with one attached hydrogen (secondary N) is 1. The van der Waals surface area contributed by atoms with Crippen molar-refractivity contribution in [3.8, 4) is 5.75 Å². The Hall–Kier alpha value is -1.78. The van der Waals surface area contributed by atoms with Gasteiger partial charge in [0.25, 0.3) is 0 Å². The molecule has 0 aliphatic heterocycles. The van der Waals surface area contributed by atoms with Crippen LogP contribution in [-0.4, -0.2) is 17.8 Å². The van der Waals surface area contributed by atoms with Gasteiger partial charge in [-0.1, -0.05) is 12.1 Å². The van der Waals surface area contributed by atoms with Crippen LogP contribution in [0.2, 0.25) is 0 Å². The first kappa shape index (κ1) is 14.6. The minimum absolute atomic E-state index is 0.183. The van der Waals surface area contributed by atoms with Crippen LogP contribution in [0.5, 0.6) is 5.75 Å². The van der Waals surface area contributed by atoms with E-state index in [9.17, 15) is 5.11 Å². The summed E-state index contributed by atoms with van der Waals surface area (Å²) in [4.78, 5) is 0. The van der Waals surface area contributed by atoms with Crippen LogP contribution in [0.3, 0.4) is 0 Å². The monoisotopic (exact) mass is 275 g/mol. The predicted molar refractivity (Wildman–Crippen MR) is 77.6 cm³/mol. The highest BCUT2D eigenvalue weighted by molar-refractivity contribution is 5.27. The molecule has 1 aromatic heterocycles. The van der Waals surface area contributed by atoms with E-state index in [4.69, 9.17) is 9.15 Å². The zero-order valence-electron chi connectivity index (χ0n) is 11.9. The Kier molecular flexibility index (Phi) is 5.21. The zero-order valence-corrected chi connectivity index (χ0v) is 11.9. The van der Waals surface area contributed by atoms with Gasteiger partial charge in [0, 0.05) is 13.1 Å². The molecule has 1 heterocycles. The SMILES string of the molecule is CC(C)Oc1ccc(CNCC(O)c2ccco2)cc1. The number of rotatable bonds is 7. The maximum atomic E-state index is 9.85. The summed E-state index contributed by atoms with van der Waals surface area (Å²) in [6.45, 7) is 5.16. The normalized spacial score (nSPS) is 12.6. The molecule has 1 unspecified atom stereocenters. The predicted octanol–water partition coefficient (Wildman–Crippen LogP) is 2.89. The van der Waals surface area contributed by atoms with E-state index in [0.717, 1.165) is 11.3 Å². The Morgan fingerprint density at radius 3 is 2.55 bits per heavy atom. The van der Waals surface area contributed by atoms with E-state index >= 15 is 0 Å². The van der Waals surface area contributed by atoms with Gasteiger partial charge in [-0.3, -0.25) is 0 Å². The minimum Gasteiger partial charge on any atom is -0.491 e. The largest absolute Gasteiger partial charge is 0.491 e. The molecule has 0 spiro atoms. The van der Waals surface area contributed by atoms with Gasteiger partial charge in [-0.2, -0.15) is 0 Å². The van der Waals surface area contributed by atoms with E-state index in [1.54, 1.807) is 18.4 Å². The average Bonchev–Trinajstić information content (AvgIpc) is 2.94. The summed E-state index contributed by atoms with van der Waals surface area (Å²) in [5, 5.41) is 13.1. The maximum Gasteiger partial charge on any atom is 0.133 e. The molecule has 4 nitrogen and oxygen atoms in total. The second-order valence-corrected chi connectivity index (χ2v) is 4.97. The number of hydrogen-bond acceptors (Lipinski definition) is 4. The van der Waals surface area contributed by atoms with E-state index < -0.39 is 6.10 Å². The van der Waals surface area contributed by atoms with E-state index in [1.165, 1.54) is 0 Å². The van der Waals surface area contributed by atoms with Crippen LogP contribution in [0.15, 0.2) is 47.1 Å². The summed E-state index contributed by atoms with van der Waals surface area (Å²) in [5.41, 5.74) is 1.15. The van der Waals surface area contributed by atoms with Crippen LogP contribution in [0.4, 0.5) is 0 Å². The van der Waals surface area contributed by atoms with Crippen LogP contribution in [-0.2, 0) is 6.54 Å². The molecule has 108 valence electrons. The van der Waals surface area contributed by atoms with Crippen molar-refractivity contribution in [3.63, 3.8) is 0 Å². The van der Waals surface area contributed by atoms with Crippen molar-refractivity contribution < 1.29 is 14.3 Å². The van der Waals surface area contributed by atoms with Gasteiger partial charge in [0.1, 0.15) is 17.6 Å². The second kappa shape index (κ2) is 7.12. The standard InChI is InChI=1S/C16H21NO3/c1-12(2)20-14-7-5-13(6-8-14)10-17-11-15(18)16-4-3-9-19-16/h3-9,12,15,17-18H,10-11H2,1-2H3. The first-order chi connectivity index (χ1) is 9.65. The lowest BCUT2D eigenvalue weighted by molar-refractivity contribution is 0.147. The number of ether oxygens (including phenoxy) is 1. The molecule has 0 saturated carbocycles. The fourth-order valence-electron chi connectivity index (χ4n) is 1.89. The van der Waals surface area contributed by atoms with Crippen LogP contribution in [0.25, 0.3) is 0 Å². The quantitative estimate of drug-likeness (QED) is 0.816. The molecule has 0 fully saturated rings. The summed E-state index contributed by atoms with van der Waals surface area (Å²) >= 11 is 0. The van der Waals surface area contributed by atoms with Crippen LogP contribution >= 0.6 is 0 Å². The lowest BCUT2D eigenvalue weighted by Gasteiger charge is -2.11. The molecule has 0 aliphatic rings. The Morgan fingerprint density at radius 1 is 1.20 bits per heavy atom. The fourth-order valence-corrected chi connectivity index (χ4v) is 1.89.